The molecule has 2 N–H and O–H groups in total. The molecule has 0 unspecified atom stereocenters. The van der Waals surface area contributed by atoms with Crippen LogP contribution < -0.4 is 10.1 Å². The second-order valence-electron chi connectivity index (χ2n) is 4.52. The Morgan fingerprint density at radius 1 is 1.30 bits per heavy atom. The number of rotatable bonds is 3. The second kappa shape index (κ2) is 8.80. The fourth-order valence-electron chi connectivity index (χ4n) is 2.27. The SMILES string of the molecule is COc1cc([C@@H](C)N2CCNCC2)cc(Cl)c1O.Cl.Cl. The second-order valence-corrected chi connectivity index (χ2v) is 4.92. The van der Waals surface area contributed by atoms with Crippen LogP contribution in [0.5, 0.6) is 11.5 Å². The summed E-state index contributed by atoms with van der Waals surface area (Å²) in [6.45, 7) is 6.19. The van der Waals surface area contributed by atoms with Crippen LogP contribution in [0.4, 0.5) is 0 Å². The Kier molecular flexibility index (Phi) is 8.63. The van der Waals surface area contributed by atoms with E-state index in [4.69, 9.17) is 16.3 Å². The summed E-state index contributed by atoms with van der Waals surface area (Å²) in [5, 5.41) is 13.4. The van der Waals surface area contributed by atoms with Gasteiger partial charge in [-0.3, -0.25) is 4.90 Å². The van der Waals surface area contributed by atoms with Gasteiger partial charge in [-0.25, -0.2) is 0 Å². The number of ether oxygens (including phenoxy) is 1. The van der Waals surface area contributed by atoms with E-state index in [1.54, 1.807) is 0 Å². The van der Waals surface area contributed by atoms with E-state index in [0.29, 0.717) is 10.8 Å². The minimum Gasteiger partial charge on any atom is -0.503 e. The van der Waals surface area contributed by atoms with Crippen LogP contribution in [-0.4, -0.2) is 43.3 Å². The van der Waals surface area contributed by atoms with Crippen molar-refractivity contribution in [1.29, 1.82) is 0 Å². The van der Waals surface area contributed by atoms with Crippen LogP contribution in [0.15, 0.2) is 12.1 Å². The summed E-state index contributed by atoms with van der Waals surface area (Å²) in [4.78, 5) is 2.39. The molecule has 0 aliphatic carbocycles. The fourth-order valence-corrected chi connectivity index (χ4v) is 2.49. The van der Waals surface area contributed by atoms with Crippen LogP contribution >= 0.6 is 36.4 Å². The number of hydrogen-bond acceptors (Lipinski definition) is 4. The highest BCUT2D eigenvalue weighted by Crippen LogP contribution is 2.37. The van der Waals surface area contributed by atoms with Crippen molar-refractivity contribution in [3.05, 3.63) is 22.7 Å². The molecule has 4 nitrogen and oxygen atoms in total. The first-order valence-electron chi connectivity index (χ1n) is 6.14. The van der Waals surface area contributed by atoms with Crippen molar-refractivity contribution >= 4 is 36.4 Å². The number of nitrogens with one attached hydrogen (secondary N) is 1. The van der Waals surface area contributed by atoms with Gasteiger partial charge in [-0.2, -0.15) is 0 Å². The molecule has 1 atom stereocenters. The van der Waals surface area contributed by atoms with Gasteiger partial charge in [0.25, 0.3) is 0 Å². The van der Waals surface area contributed by atoms with Gasteiger partial charge < -0.3 is 15.2 Å². The van der Waals surface area contributed by atoms with Gasteiger partial charge in [-0.15, -0.1) is 24.8 Å². The summed E-state index contributed by atoms with van der Waals surface area (Å²) in [6.07, 6.45) is 0. The molecule has 0 saturated carbocycles. The zero-order valence-electron chi connectivity index (χ0n) is 11.6. The van der Waals surface area contributed by atoms with E-state index in [2.05, 4.69) is 17.1 Å². The molecule has 1 aliphatic rings. The molecule has 1 aliphatic heterocycles. The number of phenols is 1. The van der Waals surface area contributed by atoms with Crippen molar-refractivity contribution in [2.24, 2.45) is 0 Å². The van der Waals surface area contributed by atoms with Gasteiger partial charge in [0.05, 0.1) is 12.1 Å². The molecule has 0 aromatic heterocycles. The summed E-state index contributed by atoms with van der Waals surface area (Å²) in [5.41, 5.74) is 1.07. The lowest BCUT2D eigenvalue weighted by atomic mass is 10.1. The summed E-state index contributed by atoms with van der Waals surface area (Å²) >= 11 is 6.02. The predicted molar refractivity (Wildman–Crippen MR) is 87.0 cm³/mol. The number of benzene rings is 1. The number of phenolic OH excluding ortho intramolecular Hbond substituents is 1. The third kappa shape index (κ3) is 4.30. The van der Waals surface area contributed by atoms with E-state index in [9.17, 15) is 5.11 Å². The molecule has 2 rings (SSSR count). The van der Waals surface area contributed by atoms with Crippen molar-refractivity contribution in [3.63, 3.8) is 0 Å². The van der Waals surface area contributed by atoms with Gasteiger partial charge in [0.15, 0.2) is 11.5 Å². The highest BCUT2D eigenvalue weighted by Gasteiger charge is 2.20. The topological polar surface area (TPSA) is 44.7 Å². The largest absolute Gasteiger partial charge is 0.503 e. The maximum atomic E-state index is 9.73. The van der Waals surface area contributed by atoms with E-state index in [1.807, 2.05) is 12.1 Å². The summed E-state index contributed by atoms with van der Waals surface area (Å²) in [5.74, 6) is 0.440. The van der Waals surface area contributed by atoms with Gasteiger partial charge >= 0.3 is 0 Å². The molecule has 1 saturated heterocycles. The van der Waals surface area contributed by atoms with Crippen LogP contribution in [0.25, 0.3) is 0 Å². The van der Waals surface area contributed by atoms with Crippen LogP contribution in [0, 0.1) is 0 Å². The number of aromatic hydroxyl groups is 1. The Bertz CT molecular complexity index is 426. The quantitative estimate of drug-likeness (QED) is 0.886. The monoisotopic (exact) mass is 342 g/mol. The van der Waals surface area contributed by atoms with Crippen LogP contribution in [0.1, 0.15) is 18.5 Å². The van der Waals surface area contributed by atoms with Gasteiger partial charge in [0.2, 0.25) is 0 Å². The molecule has 0 bridgehead atoms. The molecule has 20 heavy (non-hydrogen) atoms. The Morgan fingerprint density at radius 3 is 2.45 bits per heavy atom. The summed E-state index contributed by atoms with van der Waals surface area (Å²) in [6, 6.07) is 3.93. The number of piperazine rings is 1. The van der Waals surface area contributed by atoms with Crippen molar-refractivity contribution in [1.82, 2.24) is 10.2 Å². The van der Waals surface area contributed by atoms with E-state index in [-0.39, 0.29) is 36.6 Å². The molecule has 0 radical (unpaired) electrons. The van der Waals surface area contributed by atoms with Gasteiger partial charge in [-0.05, 0) is 24.6 Å². The van der Waals surface area contributed by atoms with Gasteiger partial charge in [0, 0.05) is 32.2 Å². The molecule has 1 aromatic carbocycles. The first-order valence-corrected chi connectivity index (χ1v) is 6.52. The fraction of sp³-hybridized carbons (Fsp3) is 0.538. The smallest absolute Gasteiger partial charge is 0.176 e. The molecule has 0 amide bonds. The highest BCUT2D eigenvalue weighted by molar-refractivity contribution is 6.32. The van der Waals surface area contributed by atoms with Gasteiger partial charge in [0.1, 0.15) is 0 Å². The molecular formula is C13H21Cl3N2O2. The van der Waals surface area contributed by atoms with Crippen molar-refractivity contribution in [2.45, 2.75) is 13.0 Å². The minimum absolute atomic E-state index is 0. The van der Waals surface area contributed by atoms with Crippen LogP contribution in [0.2, 0.25) is 5.02 Å². The van der Waals surface area contributed by atoms with Crippen molar-refractivity contribution in [2.75, 3.05) is 33.3 Å². The average molecular weight is 344 g/mol. The third-order valence-electron chi connectivity index (χ3n) is 3.45. The van der Waals surface area contributed by atoms with Crippen LogP contribution in [0.3, 0.4) is 0 Å². The average Bonchev–Trinajstić information content (AvgIpc) is 2.42. The molecule has 1 aromatic rings. The number of nitrogens with zero attached hydrogens (tertiary/aromatic N) is 1. The van der Waals surface area contributed by atoms with E-state index < -0.39 is 0 Å². The Labute approximate surface area is 137 Å². The predicted octanol–water partition coefficient (Wildman–Crippen LogP) is 2.86. The molecule has 7 heteroatoms. The Hall–Kier alpha value is -0.390. The lowest BCUT2D eigenvalue weighted by Crippen LogP contribution is -2.44. The standard InChI is InChI=1S/C13H19ClN2O2.2ClH/c1-9(16-5-3-15-4-6-16)10-7-11(14)13(17)12(8-10)18-2;;/h7-9,15,17H,3-6H2,1-2H3;2*1H/t9-;;/m1../s1. The molecule has 0 spiro atoms. The zero-order valence-corrected chi connectivity index (χ0v) is 13.9. The normalized spacial score (nSPS) is 16.8. The van der Waals surface area contributed by atoms with E-state index in [1.165, 1.54) is 7.11 Å². The van der Waals surface area contributed by atoms with Crippen molar-refractivity contribution < 1.29 is 9.84 Å². The van der Waals surface area contributed by atoms with Crippen LogP contribution in [-0.2, 0) is 0 Å². The van der Waals surface area contributed by atoms with E-state index in [0.717, 1.165) is 31.7 Å². The third-order valence-corrected chi connectivity index (χ3v) is 3.74. The molecule has 1 heterocycles. The van der Waals surface area contributed by atoms with E-state index >= 15 is 0 Å². The maximum absolute atomic E-state index is 9.73. The number of hydrogen-bond donors (Lipinski definition) is 2. The minimum atomic E-state index is 0. The molecule has 116 valence electrons. The van der Waals surface area contributed by atoms with Crippen molar-refractivity contribution in [3.8, 4) is 11.5 Å². The van der Waals surface area contributed by atoms with Gasteiger partial charge in [-0.1, -0.05) is 11.6 Å². The highest BCUT2D eigenvalue weighted by atomic mass is 35.5. The summed E-state index contributed by atoms with van der Waals surface area (Å²) < 4.78 is 5.14. The lowest BCUT2D eigenvalue weighted by Gasteiger charge is -2.33. The lowest BCUT2D eigenvalue weighted by molar-refractivity contribution is 0.185. The number of halogens is 3. The zero-order chi connectivity index (χ0) is 13.1. The maximum Gasteiger partial charge on any atom is 0.176 e. The Balaban J connectivity index is 0.00000180. The first kappa shape index (κ1) is 19.6. The Morgan fingerprint density at radius 2 is 1.90 bits per heavy atom. The number of methoxy groups -OCH3 is 1. The molecule has 1 fully saturated rings. The molecular weight excluding hydrogens is 323 g/mol. The summed E-state index contributed by atoms with van der Waals surface area (Å²) in [7, 11) is 1.53. The first-order chi connectivity index (χ1) is 8.63.